The lowest BCUT2D eigenvalue weighted by Gasteiger charge is -2.26. The van der Waals surface area contributed by atoms with Gasteiger partial charge in [-0.15, -0.1) is 0 Å². The third-order valence-corrected chi connectivity index (χ3v) is 4.62. The Kier molecular flexibility index (Phi) is 4.74. The molecule has 2 aromatic rings. The third-order valence-electron chi connectivity index (χ3n) is 4.62. The second kappa shape index (κ2) is 6.71. The van der Waals surface area contributed by atoms with E-state index in [2.05, 4.69) is 31.1 Å². The van der Waals surface area contributed by atoms with Gasteiger partial charge >= 0.3 is 0 Å². The predicted octanol–water partition coefficient (Wildman–Crippen LogP) is 3.23. The van der Waals surface area contributed by atoms with Crippen LogP contribution in [0.25, 0.3) is 10.9 Å². The molecule has 1 aromatic carbocycles. The topological polar surface area (TPSA) is 62.3 Å². The van der Waals surface area contributed by atoms with Crippen molar-refractivity contribution in [1.29, 1.82) is 0 Å². The maximum Gasteiger partial charge on any atom is 0.253 e. The molecule has 2 amide bonds. The molecular weight excluding hydrogens is 326 g/mol. The summed E-state index contributed by atoms with van der Waals surface area (Å²) in [6.07, 6.45) is 0.362. The average molecular weight is 353 g/mol. The molecule has 1 N–H and O–H groups in total. The predicted molar refractivity (Wildman–Crippen MR) is 103 cm³/mol. The van der Waals surface area contributed by atoms with Crippen molar-refractivity contribution in [3.05, 3.63) is 41.1 Å². The van der Waals surface area contributed by atoms with Gasteiger partial charge in [0.05, 0.1) is 22.8 Å². The minimum Gasteiger partial charge on any atom is -0.347 e. The SMILES string of the molecule is Cc1ccc2nc(C)c(C(=O)NC3CC(=O)N(CC(C)(C)C)C3)cc2c1. The number of fused-ring (bicyclic) bond motifs is 1. The smallest absolute Gasteiger partial charge is 0.253 e. The number of benzene rings is 1. The van der Waals surface area contributed by atoms with E-state index in [0.29, 0.717) is 30.8 Å². The summed E-state index contributed by atoms with van der Waals surface area (Å²) >= 11 is 0. The van der Waals surface area contributed by atoms with Gasteiger partial charge in [0.1, 0.15) is 0 Å². The first-order valence-electron chi connectivity index (χ1n) is 9.09. The van der Waals surface area contributed by atoms with Crippen LogP contribution >= 0.6 is 0 Å². The number of nitrogens with one attached hydrogen (secondary N) is 1. The number of hydrogen-bond acceptors (Lipinski definition) is 3. The van der Waals surface area contributed by atoms with Crippen molar-refractivity contribution in [3.8, 4) is 0 Å². The van der Waals surface area contributed by atoms with E-state index in [4.69, 9.17) is 0 Å². The molecule has 1 aliphatic heterocycles. The number of aromatic nitrogens is 1. The van der Waals surface area contributed by atoms with Crippen molar-refractivity contribution >= 4 is 22.7 Å². The number of hydrogen-bond donors (Lipinski definition) is 1. The Morgan fingerprint density at radius 1 is 1.27 bits per heavy atom. The molecule has 0 saturated carbocycles. The standard InChI is InChI=1S/C21H27N3O2/c1-13-6-7-18-15(8-13)9-17(14(2)22-18)20(26)23-16-10-19(25)24(11-16)12-21(3,4)5/h6-9,16H,10-12H2,1-5H3,(H,23,26). The van der Waals surface area contributed by atoms with Gasteiger partial charge in [0.2, 0.25) is 5.91 Å². The third kappa shape index (κ3) is 4.03. The molecule has 1 atom stereocenters. The van der Waals surface area contributed by atoms with Crippen LogP contribution in [0.5, 0.6) is 0 Å². The monoisotopic (exact) mass is 353 g/mol. The van der Waals surface area contributed by atoms with Crippen LogP contribution in [0, 0.1) is 19.3 Å². The molecule has 0 bridgehead atoms. The van der Waals surface area contributed by atoms with Gasteiger partial charge in [0.15, 0.2) is 0 Å². The molecule has 1 aromatic heterocycles. The van der Waals surface area contributed by atoms with E-state index < -0.39 is 0 Å². The number of nitrogens with zero attached hydrogens (tertiary/aromatic N) is 2. The van der Waals surface area contributed by atoms with Crippen LogP contribution in [-0.2, 0) is 4.79 Å². The maximum absolute atomic E-state index is 12.8. The highest BCUT2D eigenvalue weighted by atomic mass is 16.2. The van der Waals surface area contributed by atoms with E-state index in [-0.39, 0.29) is 23.3 Å². The van der Waals surface area contributed by atoms with Crippen LogP contribution < -0.4 is 5.32 Å². The van der Waals surface area contributed by atoms with Crippen LogP contribution in [0.3, 0.4) is 0 Å². The second-order valence-corrected chi connectivity index (χ2v) is 8.53. The van der Waals surface area contributed by atoms with Gasteiger partial charge in [0.25, 0.3) is 5.91 Å². The van der Waals surface area contributed by atoms with Gasteiger partial charge in [-0.3, -0.25) is 14.6 Å². The Bertz CT molecular complexity index is 867. The lowest BCUT2D eigenvalue weighted by molar-refractivity contribution is -0.128. The fourth-order valence-electron chi connectivity index (χ4n) is 3.48. The van der Waals surface area contributed by atoms with Crippen LogP contribution in [0.15, 0.2) is 24.3 Å². The molecule has 3 rings (SSSR count). The number of aryl methyl sites for hydroxylation is 2. The zero-order valence-corrected chi connectivity index (χ0v) is 16.2. The summed E-state index contributed by atoms with van der Waals surface area (Å²) in [5.41, 5.74) is 3.34. The van der Waals surface area contributed by atoms with Gasteiger partial charge in [-0.05, 0) is 37.5 Å². The molecule has 5 nitrogen and oxygen atoms in total. The molecule has 0 spiro atoms. The summed E-state index contributed by atoms with van der Waals surface area (Å²) in [5, 5.41) is 3.98. The Morgan fingerprint density at radius 2 is 2.00 bits per heavy atom. The molecule has 1 saturated heterocycles. The van der Waals surface area contributed by atoms with Gasteiger partial charge < -0.3 is 10.2 Å². The maximum atomic E-state index is 12.8. The van der Waals surface area contributed by atoms with Gasteiger partial charge in [-0.1, -0.05) is 32.4 Å². The first kappa shape index (κ1) is 18.4. The quantitative estimate of drug-likeness (QED) is 0.921. The number of carbonyl (C=O) groups excluding carboxylic acids is 2. The Morgan fingerprint density at radius 3 is 2.69 bits per heavy atom. The van der Waals surface area contributed by atoms with Crippen LogP contribution in [0.2, 0.25) is 0 Å². The largest absolute Gasteiger partial charge is 0.347 e. The average Bonchev–Trinajstić information content (AvgIpc) is 2.84. The van der Waals surface area contributed by atoms with Crippen LogP contribution in [0.4, 0.5) is 0 Å². The Hall–Kier alpha value is -2.43. The van der Waals surface area contributed by atoms with Crippen molar-refractivity contribution < 1.29 is 9.59 Å². The van der Waals surface area contributed by atoms with Crippen molar-refractivity contribution in [1.82, 2.24) is 15.2 Å². The summed E-state index contributed by atoms with van der Waals surface area (Å²) in [4.78, 5) is 31.4. The molecule has 1 fully saturated rings. The first-order chi connectivity index (χ1) is 12.1. The zero-order chi connectivity index (χ0) is 19.1. The molecule has 5 heteroatoms. The molecule has 0 radical (unpaired) electrons. The number of rotatable bonds is 3. The lowest BCUT2D eigenvalue weighted by Crippen LogP contribution is -2.39. The highest BCUT2D eigenvalue weighted by Gasteiger charge is 2.33. The normalized spacial score (nSPS) is 17.8. The number of amides is 2. The van der Waals surface area contributed by atoms with Crippen molar-refractivity contribution in [2.45, 2.75) is 47.1 Å². The van der Waals surface area contributed by atoms with E-state index in [9.17, 15) is 9.59 Å². The van der Waals surface area contributed by atoms with E-state index in [1.807, 2.05) is 43.0 Å². The molecule has 1 unspecified atom stereocenters. The van der Waals surface area contributed by atoms with Gasteiger partial charge in [-0.25, -0.2) is 0 Å². The van der Waals surface area contributed by atoms with Crippen molar-refractivity contribution in [2.75, 3.05) is 13.1 Å². The minimum absolute atomic E-state index is 0.0469. The van der Waals surface area contributed by atoms with E-state index in [0.717, 1.165) is 16.5 Å². The summed E-state index contributed by atoms with van der Waals surface area (Å²) in [6.45, 7) is 11.5. The fraction of sp³-hybridized carbons (Fsp3) is 0.476. The first-order valence-corrected chi connectivity index (χ1v) is 9.09. The van der Waals surface area contributed by atoms with E-state index in [1.165, 1.54) is 0 Å². The molecule has 2 heterocycles. The zero-order valence-electron chi connectivity index (χ0n) is 16.2. The van der Waals surface area contributed by atoms with E-state index >= 15 is 0 Å². The second-order valence-electron chi connectivity index (χ2n) is 8.53. The van der Waals surface area contributed by atoms with Crippen LogP contribution in [0.1, 0.15) is 48.8 Å². The Balaban J connectivity index is 1.75. The molecule has 26 heavy (non-hydrogen) atoms. The lowest BCUT2D eigenvalue weighted by atomic mass is 9.96. The summed E-state index contributed by atoms with van der Waals surface area (Å²) < 4.78 is 0. The molecular formula is C21H27N3O2. The Labute approximate surface area is 154 Å². The highest BCUT2D eigenvalue weighted by Crippen LogP contribution is 2.22. The molecule has 1 aliphatic rings. The number of likely N-dealkylation sites (tertiary alicyclic amines) is 1. The summed E-state index contributed by atoms with van der Waals surface area (Å²) in [5.74, 6) is -0.0528. The fourth-order valence-corrected chi connectivity index (χ4v) is 3.48. The highest BCUT2D eigenvalue weighted by molar-refractivity contribution is 5.99. The molecule has 0 aliphatic carbocycles. The summed E-state index contributed by atoms with van der Waals surface area (Å²) in [7, 11) is 0. The van der Waals surface area contributed by atoms with Crippen LogP contribution in [-0.4, -0.2) is 40.8 Å². The number of carbonyl (C=O) groups is 2. The van der Waals surface area contributed by atoms with Crippen molar-refractivity contribution in [3.63, 3.8) is 0 Å². The number of pyridine rings is 1. The molecule has 138 valence electrons. The van der Waals surface area contributed by atoms with Gasteiger partial charge in [0, 0.05) is 24.9 Å². The summed E-state index contributed by atoms with van der Waals surface area (Å²) in [6, 6.07) is 7.76. The van der Waals surface area contributed by atoms with Crippen molar-refractivity contribution in [2.24, 2.45) is 5.41 Å². The minimum atomic E-state index is -0.159. The van der Waals surface area contributed by atoms with Gasteiger partial charge in [-0.2, -0.15) is 0 Å². The van der Waals surface area contributed by atoms with E-state index in [1.54, 1.807) is 0 Å².